The Hall–Kier alpha value is -8.67. The molecule has 5 heteroatoms. The van der Waals surface area contributed by atoms with Crippen LogP contribution in [0.2, 0.25) is 0 Å². The Labute approximate surface area is 368 Å². The molecule has 0 fully saturated rings. The maximum atomic E-state index is 6.68. The standard InChI is InChI=1S/C59H36N4O/c1-3-15-37(16-4-1)40-22-13-23-43(33-40)58-60-57(39-18-5-2-6-19-39)61-59(62-58)48-31-30-44(63-51-27-12-11-25-46(51)50-34-41-20-7-8-21-42(41)35-52(50)63)36-49(48)47-26-14-28-53-56(47)55-45-24-10-9-17-38(45)29-32-54(55)64-53/h1-36H. The predicted octanol–water partition coefficient (Wildman–Crippen LogP) is 15.5. The summed E-state index contributed by atoms with van der Waals surface area (Å²) in [6, 6.07) is 76.9. The van der Waals surface area contributed by atoms with Gasteiger partial charge in [-0.05, 0) is 98.4 Å². The first kappa shape index (κ1) is 36.0. The van der Waals surface area contributed by atoms with Gasteiger partial charge in [-0.25, -0.2) is 15.0 Å². The van der Waals surface area contributed by atoms with Crippen LogP contribution in [0.3, 0.4) is 0 Å². The van der Waals surface area contributed by atoms with Gasteiger partial charge >= 0.3 is 0 Å². The number of fused-ring (bicyclic) bond motifs is 9. The smallest absolute Gasteiger partial charge is 0.164 e. The van der Waals surface area contributed by atoms with Crippen LogP contribution in [0.15, 0.2) is 223 Å². The van der Waals surface area contributed by atoms with Gasteiger partial charge in [0.1, 0.15) is 11.2 Å². The Balaban J connectivity index is 1.12. The van der Waals surface area contributed by atoms with Crippen molar-refractivity contribution in [2.45, 2.75) is 0 Å². The van der Waals surface area contributed by atoms with E-state index in [-0.39, 0.29) is 0 Å². The number of hydrogen-bond acceptors (Lipinski definition) is 4. The lowest BCUT2D eigenvalue weighted by Crippen LogP contribution is -2.02. The molecule has 10 aromatic carbocycles. The largest absolute Gasteiger partial charge is 0.456 e. The maximum absolute atomic E-state index is 6.68. The Morgan fingerprint density at radius 2 is 0.938 bits per heavy atom. The average Bonchev–Trinajstić information content (AvgIpc) is 3.92. The number of rotatable bonds is 6. The number of aromatic nitrogens is 4. The lowest BCUT2D eigenvalue weighted by atomic mass is 9.93. The summed E-state index contributed by atoms with van der Waals surface area (Å²) >= 11 is 0. The van der Waals surface area contributed by atoms with Crippen molar-refractivity contribution in [3.05, 3.63) is 218 Å². The van der Waals surface area contributed by atoms with Gasteiger partial charge in [-0.1, -0.05) is 164 Å². The molecule has 0 aliphatic rings. The Morgan fingerprint density at radius 1 is 0.312 bits per heavy atom. The first-order chi connectivity index (χ1) is 31.7. The topological polar surface area (TPSA) is 56.7 Å². The van der Waals surface area contributed by atoms with Crippen LogP contribution in [0, 0.1) is 0 Å². The molecule has 0 saturated heterocycles. The molecule has 13 rings (SSSR count). The van der Waals surface area contributed by atoms with Gasteiger partial charge in [0.2, 0.25) is 0 Å². The summed E-state index contributed by atoms with van der Waals surface area (Å²) in [5.74, 6) is 1.79. The van der Waals surface area contributed by atoms with Gasteiger partial charge in [0, 0.05) is 43.9 Å². The summed E-state index contributed by atoms with van der Waals surface area (Å²) in [5.41, 5.74) is 11.9. The van der Waals surface area contributed by atoms with Gasteiger partial charge in [-0.3, -0.25) is 0 Å². The third-order valence-electron chi connectivity index (χ3n) is 12.6. The Bertz CT molecular complexity index is 3960. The molecule has 0 aliphatic heterocycles. The Kier molecular flexibility index (Phi) is 8.15. The molecule has 0 atom stereocenters. The second-order valence-corrected chi connectivity index (χ2v) is 16.4. The summed E-state index contributed by atoms with van der Waals surface area (Å²) in [6.45, 7) is 0. The van der Waals surface area contributed by atoms with E-state index in [1.165, 1.54) is 21.5 Å². The molecule has 0 bridgehead atoms. The maximum Gasteiger partial charge on any atom is 0.164 e. The van der Waals surface area contributed by atoms with Gasteiger partial charge in [0.25, 0.3) is 0 Å². The molecular weight excluding hydrogens is 781 g/mol. The zero-order chi connectivity index (χ0) is 42.1. The van der Waals surface area contributed by atoms with E-state index < -0.39 is 0 Å². The molecule has 0 aliphatic carbocycles. The van der Waals surface area contributed by atoms with Crippen LogP contribution < -0.4 is 0 Å². The summed E-state index contributed by atoms with van der Waals surface area (Å²) < 4.78 is 9.08. The van der Waals surface area contributed by atoms with E-state index in [1.54, 1.807) is 0 Å². The fourth-order valence-electron chi connectivity index (χ4n) is 9.64. The molecule has 0 saturated carbocycles. The highest BCUT2D eigenvalue weighted by molar-refractivity contribution is 6.23. The molecule has 0 amide bonds. The molecule has 0 N–H and O–H groups in total. The van der Waals surface area contributed by atoms with Crippen molar-refractivity contribution in [1.82, 2.24) is 19.5 Å². The lowest BCUT2D eigenvalue weighted by molar-refractivity contribution is 0.669. The predicted molar refractivity (Wildman–Crippen MR) is 264 cm³/mol. The molecule has 3 heterocycles. The van der Waals surface area contributed by atoms with E-state index >= 15 is 0 Å². The fourth-order valence-corrected chi connectivity index (χ4v) is 9.64. The number of furan rings is 1. The van der Waals surface area contributed by atoms with Crippen LogP contribution in [0.5, 0.6) is 0 Å². The first-order valence-electron chi connectivity index (χ1n) is 21.6. The van der Waals surface area contributed by atoms with E-state index in [9.17, 15) is 0 Å². The lowest BCUT2D eigenvalue weighted by Gasteiger charge is -2.16. The highest BCUT2D eigenvalue weighted by Gasteiger charge is 2.23. The van der Waals surface area contributed by atoms with Crippen LogP contribution in [-0.4, -0.2) is 19.5 Å². The number of nitrogens with zero attached hydrogens (tertiary/aromatic N) is 4. The molecular formula is C59H36N4O. The summed E-state index contributed by atoms with van der Waals surface area (Å²) in [4.78, 5) is 15.9. The highest BCUT2D eigenvalue weighted by atomic mass is 16.3. The van der Waals surface area contributed by atoms with E-state index in [0.29, 0.717) is 17.5 Å². The third kappa shape index (κ3) is 5.83. The number of para-hydroxylation sites is 1. The Morgan fingerprint density at radius 3 is 1.77 bits per heavy atom. The molecule has 0 radical (unpaired) electrons. The van der Waals surface area contributed by atoms with Crippen molar-refractivity contribution in [2.24, 2.45) is 0 Å². The highest BCUT2D eigenvalue weighted by Crippen LogP contribution is 2.45. The molecule has 0 unspecified atom stereocenters. The fraction of sp³-hybridized carbons (Fsp3) is 0. The zero-order valence-corrected chi connectivity index (χ0v) is 34.5. The van der Waals surface area contributed by atoms with E-state index in [4.69, 9.17) is 19.4 Å². The second kappa shape index (κ2) is 14.5. The summed E-state index contributed by atoms with van der Waals surface area (Å²) in [7, 11) is 0. The minimum Gasteiger partial charge on any atom is -0.456 e. The van der Waals surface area contributed by atoms with Crippen molar-refractivity contribution in [2.75, 3.05) is 0 Å². The van der Waals surface area contributed by atoms with Crippen LogP contribution in [0.25, 0.3) is 127 Å². The van der Waals surface area contributed by atoms with Crippen molar-refractivity contribution in [3.63, 3.8) is 0 Å². The zero-order valence-electron chi connectivity index (χ0n) is 34.5. The molecule has 0 spiro atoms. The monoisotopic (exact) mass is 816 g/mol. The minimum atomic E-state index is 0.582. The summed E-state index contributed by atoms with van der Waals surface area (Å²) in [5, 5.41) is 9.26. The van der Waals surface area contributed by atoms with Crippen LogP contribution in [-0.2, 0) is 0 Å². The van der Waals surface area contributed by atoms with Gasteiger partial charge in [0.15, 0.2) is 17.5 Å². The number of benzene rings is 10. The van der Waals surface area contributed by atoms with Crippen molar-refractivity contribution in [3.8, 4) is 62.1 Å². The quantitative estimate of drug-likeness (QED) is 0.168. The minimum absolute atomic E-state index is 0.582. The van der Waals surface area contributed by atoms with Gasteiger partial charge in [-0.15, -0.1) is 0 Å². The van der Waals surface area contributed by atoms with E-state index in [1.807, 2.05) is 24.3 Å². The van der Waals surface area contributed by atoms with Crippen molar-refractivity contribution in [1.29, 1.82) is 0 Å². The van der Waals surface area contributed by atoms with Gasteiger partial charge in [0.05, 0.1) is 11.0 Å². The van der Waals surface area contributed by atoms with Gasteiger partial charge in [-0.2, -0.15) is 0 Å². The molecule has 64 heavy (non-hydrogen) atoms. The van der Waals surface area contributed by atoms with E-state index in [0.717, 1.165) is 88.4 Å². The van der Waals surface area contributed by atoms with Crippen LogP contribution in [0.4, 0.5) is 0 Å². The van der Waals surface area contributed by atoms with Gasteiger partial charge < -0.3 is 8.98 Å². The number of hydrogen-bond donors (Lipinski definition) is 0. The summed E-state index contributed by atoms with van der Waals surface area (Å²) in [6.07, 6.45) is 0. The normalized spacial score (nSPS) is 11.8. The molecule has 13 aromatic rings. The van der Waals surface area contributed by atoms with E-state index in [2.05, 4.69) is 199 Å². The molecule has 5 nitrogen and oxygen atoms in total. The van der Waals surface area contributed by atoms with Crippen LogP contribution >= 0.6 is 0 Å². The van der Waals surface area contributed by atoms with Crippen molar-refractivity contribution < 1.29 is 4.42 Å². The second-order valence-electron chi connectivity index (χ2n) is 16.4. The first-order valence-corrected chi connectivity index (χ1v) is 21.6. The molecule has 3 aromatic heterocycles. The molecule has 298 valence electrons. The third-order valence-corrected chi connectivity index (χ3v) is 12.6. The SMILES string of the molecule is c1ccc(-c2cccc(-c3nc(-c4ccccc4)nc(-c4ccc(-n5c6ccccc6c6cc7ccccc7cc65)cc4-c4cccc5oc6ccc7ccccc7c6c45)n3)c2)cc1. The van der Waals surface area contributed by atoms with Crippen LogP contribution in [0.1, 0.15) is 0 Å². The van der Waals surface area contributed by atoms with Crippen molar-refractivity contribution >= 4 is 65.3 Å². The average molecular weight is 817 g/mol.